The molecule has 4 N–H and O–H groups in total. The van der Waals surface area contributed by atoms with Crippen molar-refractivity contribution in [2.24, 2.45) is 5.73 Å². The zero-order valence-corrected chi connectivity index (χ0v) is 17.3. The molecule has 6 heteroatoms. The summed E-state index contributed by atoms with van der Waals surface area (Å²) >= 11 is 0. The number of para-hydroxylation sites is 1. The van der Waals surface area contributed by atoms with Gasteiger partial charge in [-0.25, -0.2) is 4.79 Å². The van der Waals surface area contributed by atoms with Crippen LogP contribution >= 0.6 is 0 Å². The predicted octanol–water partition coefficient (Wildman–Crippen LogP) is 4.33. The molecule has 0 saturated heterocycles. The van der Waals surface area contributed by atoms with Gasteiger partial charge in [0.15, 0.2) is 0 Å². The average Bonchev–Trinajstić information content (AvgIpc) is 2.78. The maximum Gasteiger partial charge on any atom is 0.312 e. The lowest BCUT2D eigenvalue weighted by atomic mass is 10.0. The second-order valence-electron chi connectivity index (χ2n) is 7.19. The van der Waals surface area contributed by atoms with Gasteiger partial charge in [-0.15, -0.1) is 0 Å². The van der Waals surface area contributed by atoms with Crippen molar-refractivity contribution in [2.75, 3.05) is 6.54 Å². The zero-order valence-electron chi connectivity index (χ0n) is 17.3. The Morgan fingerprint density at radius 3 is 2.26 bits per heavy atom. The van der Waals surface area contributed by atoms with Gasteiger partial charge in [-0.1, -0.05) is 60.7 Å². The van der Waals surface area contributed by atoms with Crippen LogP contribution in [-0.2, 0) is 11.2 Å². The van der Waals surface area contributed by atoms with E-state index in [0.717, 1.165) is 18.4 Å². The molecule has 3 rings (SSSR count). The molecular weight excluding hydrogens is 390 g/mol. The lowest BCUT2D eigenvalue weighted by Crippen LogP contribution is -2.36. The summed E-state index contributed by atoms with van der Waals surface area (Å²) in [5.74, 6) is 1.17. The lowest BCUT2D eigenvalue weighted by Gasteiger charge is -2.19. The number of nitrogens with one attached hydrogen (secondary N) is 2. The molecule has 6 nitrogen and oxygen atoms in total. The van der Waals surface area contributed by atoms with Gasteiger partial charge < -0.3 is 21.1 Å². The van der Waals surface area contributed by atoms with Crippen molar-refractivity contribution >= 4 is 11.9 Å². The van der Waals surface area contributed by atoms with Crippen molar-refractivity contribution in [1.29, 1.82) is 0 Å². The Hall–Kier alpha value is -3.80. The molecule has 0 aromatic heterocycles. The average molecular weight is 418 g/mol. The highest BCUT2D eigenvalue weighted by Gasteiger charge is 2.18. The Morgan fingerprint density at radius 1 is 0.871 bits per heavy atom. The quantitative estimate of drug-likeness (QED) is 0.429. The third-order valence-electron chi connectivity index (χ3n) is 4.75. The van der Waals surface area contributed by atoms with Crippen LogP contribution in [0.1, 0.15) is 30.0 Å². The lowest BCUT2D eigenvalue weighted by molar-refractivity contribution is -0.121. The third-order valence-corrected chi connectivity index (χ3v) is 4.75. The first-order chi connectivity index (χ1) is 15.1. The summed E-state index contributed by atoms with van der Waals surface area (Å²) in [5, 5.41) is 5.58. The first-order valence-corrected chi connectivity index (χ1v) is 10.3. The highest BCUT2D eigenvalue weighted by Crippen LogP contribution is 2.26. The van der Waals surface area contributed by atoms with E-state index < -0.39 is 12.1 Å². The number of hydrogen-bond acceptors (Lipinski definition) is 3. The van der Waals surface area contributed by atoms with Gasteiger partial charge >= 0.3 is 6.03 Å². The number of carbonyl (C=O) groups excluding carboxylic acids is 2. The molecule has 0 saturated carbocycles. The number of hydrogen-bond donors (Lipinski definition) is 3. The summed E-state index contributed by atoms with van der Waals surface area (Å²) in [5.41, 5.74) is 7.32. The first-order valence-electron chi connectivity index (χ1n) is 10.3. The summed E-state index contributed by atoms with van der Waals surface area (Å²) in [6.07, 6.45) is 1.82. The monoisotopic (exact) mass is 417 g/mol. The highest BCUT2D eigenvalue weighted by molar-refractivity contribution is 5.78. The SMILES string of the molecule is NC(=O)N[C@@H](CC(=O)NCCCc1ccccc1)c1cccc(Oc2ccccc2)c1. The molecule has 0 unspecified atom stereocenters. The molecule has 160 valence electrons. The molecule has 0 fully saturated rings. The number of benzene rings is 3. The normalized spacial score (nSPS) is 11.4. The molecule has 0 spiro atoms. The van der Waals surface area contributed by atoms with Crippen LogP contribution < -0.4 is 21.1 Å². The van der Waals surface area contributed by atoms with Gasteiger partial charge in [-0.2, -0.15) is 0 Å². The van der Waals surface area contributed by atoms with Gasteiger partial charge in [0.05, 0.1) is 12.5 Å². The topological polar surface area (TPSA) is 93.5 Å². The predicted molar refractivity (Wildman–Crippen MR) is 121 cm³/mol. The van der Waals surface area contributed by atoms with E-state index >= 15 is 0 Å². The fraction of sp³-hybridized carbons (Fsp3) is 0.200. The number of urea groups is 1. The summed E-state index contributed by atoms with van der Waals surface area (Å²) < 4.78 is 5.86. The number of primary amides is 1. The van der Waals surface area contributed by atoms with Gasteiger partial charge in [0.2, 0.25) is 5.91 Å². The van der Waals surface area contributed by atoms with Crippen molar-refractivity contribution < 1.29 is 14.3 Å². The molecule has 0 aliphatic carbocycles. The summed E-state index contributed by atoms with van der Waals surface area (Å²) in [6.45, 7) is 0.564. The van der Waals surface area contributed by atoms with Crippen LogP contribution in [0.15, 0.2) is 84.9 Å². The van der Waals surface area contributed by atoms with Crippen LogP contribution in [0.5, 0.6) is 11.5 Å². The molecule has 3 aromatic rings. The van der Waals surface area contributed by atoms with Gasteiger partial charge in [-0.05, 0) is 48.2 Å². The first kappa shape index (κ1) is 21.9. The second-order valence-corrected chi connectivity index (χ2v) is 7.19. The number of rotatable bonds is 10. The number of nitrogens with two attached hydrogens (primary N) is 1. The Bertz CT molecular complexity index is 978. The Labute approximate surface area is 182 Å². The molecule has 3 amide bonds. The number of aryl methyl sites for hydroxylation is 1. The Balaban J connectivity index is 1.57. The standard InChI is InChI=1S/C25H27N3O3/c26-25(30)28-23(18-24(29)27-16-8-11-19-9-3-1-4-10-19)20-12-7-15-22(17-20)31-21-13-5-2-6-14-21/h1-7,9-10,12-15,17,23H,8,11,16,18H2,(H,27,29)(H3,26,28,30)/t23-/m0/s1. The van der Waals surface area contributed by atoms with Crippen LogP contribution in [0.3, 0.4) is 0 Å². The van der Waals surface area contributed by atoms with Crippen LogP contribution in [0.25, 0.3) is 0 Å². The highest BCUT2D eigenvalue weighted by atomic mass is 16.5. The van der Waals surface area contributed by atoms with Crippen molar-refractivity contribution in [3.63, 3.8) is 0 Å². The van der Waals surface area contributed by atoms with E-state index in [2.05, 4.69) is 22.8 Å². The zero-order chi connectivity index (χ0) is 21.9. The maximum atomic E-state index is 12.5. The van der Waals surface area contributed by atoms with Crippen molar-refractivity contribution in [3.05, 3.63) is 96.1 Å². The van der Waals surface area contributed by atoms with Crippen LogP contribution in [-0.4, -0.2) is 18.5 Å². The molecule has 31 heavy (non-hydrogen) atoms. The van der Waals surface area contributed by atoms with Crippen molar-refractivity contribution in [2.45, 2.75) is 25.3 Å². The fourth-order valence-corrected chi connectivity index (χ4v) is 3.27. The smallest absolute Gasteiger partial charge is 0.312 e. The number of carbonyl (C=O) groups is 2. The molecule has 1 atom stereocenters. The van der Waals surface area contributed by atoms with E-state index in [0.29, 0.717) is 18.0 Å². The molecule has 0 aliphatic rings. The van der Waals surface area contributed by atoms with Gasteiger partial charge in [0, 0.05) is 6.54 Å². The van der Waals surface area contributed by atoms with Crippen LogP contribution in [0, 0.1) is 0 Å². The van der Waals surface area contributed by atoms with Gasteiger partial charge in [0.25, 0.3) is 0 Å². The molecular formula is C25H27N3O3. The molecule has 0 bridgehead atoms. The molecule has 0 heterocycles. The van der Waals surface area contributed by atoms with E-state index in [9.17, 15) is 9.59 Å². The minimum Gasteiger partial charge on any atom is -0.457 e. The number of amides is 3. The summed E-state index contributed by atoms with van der Waals surface area (Å²) in [6, 6.07) is 25.6. The maximum absolute atomic E-state index is 12.5. The molecule has 0 radical (unpaired) electrons. The van der Waals surface area contributed by atoms with Gasteiger partial charge in [0.1, 0.15) is 11.5 Å². The largest absolute Gasteiger partial charge is 0.457 e. The van der Waals surface area contributed by atoms with E-state index in [1.165, 1.54) is 5.56 Å². The number of ether oxygens (including phenoxy) is 1. The third kappa shape index (κ3) is 7.51. The Kier molecular flexibility index (Phi) is 8.05. The second kappa shape index (κ2) is 11.4. The van der Waals surface area contributed by atoms with Gasteiger partial charge in [-0.3, -0.25) is 4.79 Å². The summed E-state index contributed by atoms with van der Waals surface area (Å²) in [7, 11) is 0. The van der Waals surface area contributed by atoms with E-state index in [4.69, 9.17) is 10.5 Å². The van der Waals surface area contributed by atoms with E-state index in [1.54, 1.807) is 6.07 Å². The van der Waals surface area contributed by atoms with E-state index in [-0.39, 0.29) is 12.3 Å². The Morgan fingerprint density at radius 2 is 1.55 bits per heavy atom. The molecule has 0 aliphatic heterocycles. The van der Waals surface area contributed by atoms with E-state index in [1.807, 2.05) is 66.7 Å². The summed E-state index contributed by atoms with van der Waals surface area (Å²) in [4.78, 5) is 24.0. The van der Waals surface area contributed by atoms with Crippen molar-refractivity contribution in [1.82, 2.24) is 10.6 Å². The van der Waals surface area contributed by atoms with Crippen molar-refractivity contribution in [3.8, 4) is 11.5 Å². The molecule has 3 aromatic carbocycles. The minimum absolute atomic E-state index is 0.0864. The van der Waals surface area contributed by atoms with Crippen LogP contribution in [0.2, 0.25) is 0 Å². The minimum atomic E-state index is -0.684. The fourth-order valence-electron chi connectivity index (χ4n) is 3.27. The van der Waals surface area contributed by atoms with Crippen LogP contribution in [0.4, 0.5) is 4.79 Å².